The van der Waals surface area contributed by atoms with Gasteiger partial charge in [-0.25, -0.2) is 5.43 Å². The van der Waals surface area contributed by atoms with Gasteiger partial charge in [-0.15, -0.1) is 0 Å². The summed E-state index contributed by atoms with van der Waals surface area (Å²) in [6.07, 6.45) is 3.07. The zero-order chi connectivity index (χ0) is 20.4. The molecule has 2 aromatic rings. The van der Waals surface area contributed by atoms with E-state index in [1.807, 2.05) is 12.1 Å². The maximum atomic E-state index is 11.9. The van der Waals surface area contributed by atoms with Gasteiger partial charge in [0.25, 0.3) is 0 Å². The Balaban J connectivity index is 1.80. The van der Waals surface area contributed by atoms with Crippen LogP contribution < -0.4 is 15.5 Å². The van der Waals surface area contributed by atoms with Crippen molar-refractivity contribution in [2.45, 2.75) is 12.8 Å². The van der Waals surface area contributed by atoms with Crippen molar-refractivity contribution in [3.05, 3.63) is 70.7 Å². The van der Waals surface area contributed by atoms with Crippen LogP contribution in [0.25, 0.3) is 0 Å². The van der Waals surface area contributed by atoms with E-state index >= 15 is 0 Å². The lowest BCUT2D eigenvalue weighted by Crippen LogP contribution is -2.20. The summed E-state index contributed by atoms with van der Waals surface area (Å²) in [5.74, 6) is -0.107. The summed E-state index contributed by atoms with van der Waals surface area (Å²) in [6, 6.07) is 12.0. The van der Waals surface area contributed by atoms with E-state index in [0.717, 1.165) is 0 Å². The third kappa shape index (κ3) is 7.06. The molecule has 0 atom stereocenters. The number of ether oxygens (including phenoxy) is 1. The summed E-state index contributed by atoms with van der Waals surface area (Å²) in [5.41, 5.74) is 3.53. The van der Waals surface area contributed by atoms with Crippen LogP contribution in [0.3, 0.4) is 0 Å². The summed E-state index contributed by atoms with van der Waals surface area (Å²) in [7, 11) is 0. The monoisotopic (exact) mass is 419 g/mol. The third-order valence-corrected chi connectivity index (χ3v) is 4.00. The molecule has 0 unspecified atom stereocenters. The average molecular weight is 420 g/mol. The number of carbonyl (C=O) groups excluding carboxylic acids is 2. The molecule has 0 saturated carbocycles. The predicted octanol–water partition coefficient (Wildman–Crippen LogP) is 4.43. The lowest BCUT2D eigenvalue weighted by molar-refractivity contribution is -0.124. The topological polar surface area (TPSA) is 79.8 Å². The van der Waals surface area contributed by atoms with Crippen molar-refractivity contribution in [1.29, 1.82) is 0 Å². The first-order chi connectivity index (χ1) is 13.5. The van der Waals surface area contributed by atoms with Crippen LogP contribution in [0.4, 0.5) is 5.69 Å². The molecule has 0 radical (unpaired) electrons. The number of hydrazone groups is 1. The molecule has 0 aliphatic rings. The predicted molar refractivity (Wildman–Crippen MR) is 112 cm³/mol. The molecule has 0 aromatic heterocycles. The van der Waals surface area contributed by atoms with Crippen molar-refractivity contribution in [3.63, 3.8) is 0 Å². The number of amides is 2. The Morgan fingerprint density at radius 1 is 1.11 bits per heavy atom. The van der Waals surface area contributed by atoms with Crippen molar-refractivity contribution in [3.8, 4) is 5.75 Å². The van der Waals surface area contributed by atoms with E-state index in [0.29, 0.717) is 33.7 Å². The number of hydrogen-bond donors (Lipinski definition) is 2. The molecule has 6 nitrogen and oxygen atoms in total. The third-order valence-electron chi connectivity index (χ3n) is 3.45. The number of benzene rings is 2. The van der Waals surface area contributed by atoms with E-state index in [4.69, 9.17) is 27.9 Å². The fourth-order valence-electron chi connectivity index (χ4n) is 2.13. The van der Waals surface area contributed by atoms with Crippen molar-refractivity contribution in [1.82, 2.24) is 5.43 Å². The minimum Gasteiger partial charge on any atom is -0.489 e. The number of hydrogen-bond acceptors (Lipinski definition) is 4. The standard InChI is InChI=1S/C20H19Cl2N3O3/c1-2-11-28-18-6-4-3-5-14(18)13-23-25-20(27)10-9-19(26)24-17-8-7-15(21)12-16(17)22/h2-8,12-13H,1,9-11H2,(H,24,26)(H,25,27)/b23-13+. The minimum absolute atomic E-state index is 0.0145. The van der Waals surface area contributed by atoms with Gasteiger partial charge in [0.05, 0.1) is 16.9 Å². The summed E-state index contributed by atoms with van der Waals surface area (Å²) in [4.78, 5) is 23.8. The largest absolute Gasteiger partial charge is 0.489 e. The number of nitrogens with one attached hydrogen (secondary N) is 2. The Morgan fingerprint density at radius 3 is 2.61 bits per heavy atom. The molecular weight excluding hydrogens is 401 g/mol. The van der Waals surface area contributed by atoms with E-state index in [1.165, 1.54) is 12.3 Å². The highest BCUT2D eigenvalue weighted by atomic mass is 35.5. The fourth-order valence-corrected chi connectivity index (χ4v) is 2.58. The zero-order valence-electron chi connectivity index (χ0n) is 15.0. The number of nitrogens with zero attached hydrogens (tertiary/aromatic N) is 1. The second kappa shape index (κ2) is 11.1. The Kier molecular flexibility index (Phi) is 8.52. The van der Waals surface area contributed by atoms with E-state index in [1.54, 1.807) is 30.3 Å². The number of para-hydroxylation sites is 1. The molecule has 0 fully saturated rings. The Morgan fingerprint density at radius 2 is 1.86 bits per heavy atom. The molecule has 146 valence electrons. The van der Waals surface area contributed by atoms with Crippen LogP contribution >= 0.6 is 23.2 Å². The first-order valence-corrected chi connectivity index (χ1v) is 9.14. The second-order valence-corrected chi connectivity index (χ2v) is 6.45. The second-order valence-electron chi connectivity index (χ2n) is 5.60. The van der Waals surface area contributed by atoms with Gasteiger partial charge in [0.2, 0.25) is 11.8 Å². The van der Waals surface area contributed by atoms with Crippen LogP contribution in [0.2, 0.25) is 10.0 Å². The summed E-state index contributed by atoms with van der Waals surface area (Å²) in [6.45, 7) is 3.96. The molecule has 8 heteroatoms. The van der Waals surface area contributed by atoms with Gasteiger partial charge in [0, 0.05) is 23.4 Å². The molecule has 2 amide bonds. The number of carbonyl (C=O) groups is 2. The van der Waals surface area contributed by atoms with E-state index in [-0.39, 0.29) is 18.7 Å². The molecular formula is C20H19Cl2N3O3. The molecule has 0 spiro atoms. The van der Waals surface area contributed by atoms with Crippen molar-refractivity contribution in [2.75, 3.05) is 11.9 Å². The van der Waals surface area contributed by atoms with Crippen molar-refractivity contribution in [2.24, 2.45) is 5.10 Å². The molecule has 0 bridgehead atoms. The molecule has 0 heterocycles. The quantitative estimate of drug-likeness (QED) is 0.358. The molecule has 2 aromatic carbocycles. The highest BCUT2D eigenvalue weighted by Gasteiger charge is 2.09. The Labute approximate surface area is 173 Å². The van der Waals surface area contributed by atoms with Gasteiger partial charge in [0.1, 0.15) is 12.4 Å². The van der Waals surface area contributed by atoms with Gasteiger partial charge in [0.15, 0.2) is 0 Å². The van der Waals surface area contributed by atoms with Crippen molar-refractivity contribution >= 4 is 46.9 Å². The minimum atomic E-state index is -0.391. The van der Waals surface area contributed by atoms with Gasteiger partial charge in [-0.2, -0.15) is 5.10 Å². The molecule has 2 rings (SSSR count). The van der Waals surface area contributed by atoms with Gasteiger partial charge >= 0.3 is 0 Å². The zero-order valence-corrected chi connectivity index (χ0v) is 16.5. The Hall–Kier alpha value is -2.83. The SMILES string of the molecule is C=CCOc1ccccc1/C=N/NC(=O)CCC(=O)Nc1ccc(Cl)cc1Cl. The molecule has 0 aliphatic heterocycles. The highest BCUT2D eigenvalue weighted by molar-refractivity contribution is 6.36. The van der Waals surface area contributed by atoms with Crippen LogP contribution in [-0.2, 0) is 9.59 Å². The van der Waals surface area contributed by atoms with Crippen molar-refractivity contribution < 1.29 is 14.3 Å². The van der Waals surface area contributed by atoms with E-state index < -0.39 is 5.91 Å². The smallest absolute Gasteiger partial charge is 0.240 e. The summed E-state index contributed by atoms with van der Waals surface area (Å²) >= 11 is 11.8. The number of halogens is 2. The average Bonchev–Trinajstić information content (AvgIpc) is 2.68. The lowest BCUT2D eigenvalue weighted by atomic mass is 10.2. The number of rotatable bonds is 9. The first kappa shape index (κ1) is 21.5. The van der Waals surface area contributed by atoms with E-state index in [2.05, 4.69) is 22.4 Å². The fraction of sp³-hybridized carbons (Fsp3) is 0.150. The molecule has 2 N–H and O–H groups in total. The van der Waals surface area contributed by atoms with Crippen LogP contribution in [0.15, 0.2) is 60.2 Å². The molecule has 28 heavy (non-hydrogen) atoms. The summed E-state index contributed by atoms with van der Waals surface area (Å²) in [5, 5.41) is 7.32. The van der Waals surface area contributed by atoms with Gasteiger partial charge in [-0.3, -0.25) is 9.59 Å². The normalized spacial score (nSPS) is 10.5. The van der Waals surface area contributed by atoms with Crippen LogP contribution in [0, 0.1) is 0 Å². The molecule has 0 aliphatic carbocycles. The van der Waals surface area contributed by atoms with Gasteiger partial charge < -0.3 is 10.1 Å². The van der Waals surface area contributed by atoms with Crippen LogP contribution in [0.5, 0.6) is 5.75 Å². The maximum absolute atomic E-state index is 11.9. The van der Waals surface area contributed by atoms with E-state index in [9.17, 15) is 9.59 Å². The maximum Gasteiger partial charge on any atom is 0.240 e. The van der Waals surface area contributed by atoms with Crippen LogP contribution in [-0.4, -0.2) is 24.6 Å². The first-order valence-electron chi connectivity index (χ1n) is 8.39. The van der Waals surface area contributed by atoms with Gasteiger partial charge in [-0.1, -0.05) is 48.0 Å². The van der Waals surface area contributed by atoms with Gasteiger partial charge in [-0.05, 0) is 30.3 Å². The Bertz CT molecular complexity index is 885. The summed E-state index contributed by atoms with van der Waals surface area (Å²) < 4.78 is 5.50. The molecule has 0 saturated heterocycles. The lowest BCUT2D eigenvalue weighted by Gasteiger charge is -2.07. The number of anilines is 1. The van der Waals surface area contributed by atoms with Crippen LogP contribution in [0.1, 0.15) is 18.4 Å². The highest BCUT2D eigenvalue weighted by Crippen LogP contribution is 2.25.